The van der Waals surface area contributed by atoms with Crippen molar-refractivity contribution in [3.63, 3.8) is 0 Å². The number of carbonyl (C=O) groups excluding carboxylic acids is 1. The summed E-state index contributed by atoms with van der Waals surface area (Å²) in [6.07, 6.45) is 2.16. The van der Waals surface area contributed by atoms with Crippen LogP contribution in [-0.4, -0.2) is 47.0 Å². The quantitative estimate of drug-likeness (QED) is 0.852. The summed E-state index contributed by atoms with van der Waals surface area (Å²) < 4.78 is 5.84. The molecule has 2 aromatic heterocycles. The maximum atomic E-state index is 12.6. The maximum Gasteiger partial charge on any atom is 0.272 e. The summed E-state index contributed by atoms with van der Waals surface area (Å²) in [6, 6.07) is 7.59. The minimum Gasteiger partial charge on any atom is -0.423 e. The highest BCUT2D eigenvalue weighted by Gasteiger charge is 2.33. The van der Waals surface area contributed by atoms with Crippen LogP contribution in [0, 0.1) is 18.3 Å². The number of aromatic nitrogens is 2. The van der Waals surface area contributed by atoms with Crippen LogP contribution in [0.5, 0.6) is 0 Å². The Morgan fingerprint density at radius 3 is 2.64 bits per heavy atom. The molecule has 0 N–H and O–H groups in total. The third-order valence-corrected chi connectivity index (χ3v) is 4.62. The molecule has 7 nitrogen and oxygen atoms in total. The number of hydrogen-bond donors (Lipinski definition) is 0. The van der Waals surface area contributed by atoms with Gasteiger partial charge in [-0.3, -0.25) is 4.79 Å². The first-order valence-corrected chi connectivity index (χ1v) is 8.54. The molecule has 2 aliphatic rings. The molecule has 2 aromatic rings. The van der Waals surface area contributed by atoms with Crippen molar-refractivity contribution >= 4 is 11.8 Å². The predicted octanol–water partition coefficient (Wildman–Crippen LogP) is 2.09. The number of rotatable bonds is 3. The molecule has 0 radical (unpaired) electrons. The Bertz CT molecular complexity index is 841. The van der Waals surface area contributed by atoms with Crippen molar-refractivity contribution in [3.05, 3.63) is 41.2 Å². The lowest BCUT2D eigenvalue weighted by molar-refractivity contribution is 0.0739. The Balaban J connectivity index is 1.45. The largest absolute Gasteiger partial charge is 0.423 e. The van der Waals surface area contributed by atoms with Crippen LogP contribution in [0.25, 0.3) is 0 Å². The summed E-state index contributed by atoms with van der Waals surface area (Å²) in [5, 5.41) is 9.31. The van der Waals surface area contributed by atoms with Crippen LogP contribution in [0.3, 0.4) is 0 Å². The van der Waals surface area contributed by atoms with Gasteiger partial charge in [0.1, 0.15) is 11.8 Å². The number of nitriles is 1. The van der Waals surface area contributed by atoms with Crippen LogP contribution >= 0.6 is 0 Å². The van der Waals surface area contributed by atoms with Gasteiger partial charge in [0, 0.05) is 37.8 Å². The van der Waals surface area contributed by atoms with Crippen molar-refractivity contribution < 1.29 is 9.21 Å². The van der Waals surface area contributed by atoms with Crippen molar-refractivity contribution in [3.8, 4) is 6.07 Å². The van der Waals surface area contributed by atoms with Gasteiger partial charge in [-0.25, -0.2) is 9.97 Å². The van der Waals surface area contributed by atoms with E-state index < -0.39 is 0 Å². The molecule has 0 atom stereocenters. The van der Waals surface area contributed by atoms with Crippen LogP contribution in [0.2, 0.25) is 0 Å². The standard InChI is InChI=1S/C18H19N5O2/c1-12-3-2-4-14(20-12)17(24)22-7-9-23(10-8-22)18-15(11-19)21-16(25-18)13-5-6-13/h2-4,13H,5-10H2,1H3. The molecule has 7 heteroatoms. The average Bonchev–Trinajstić information content (AvgIpc) is 3.40. The van der Waals surface area contributed by atoms with E-state index in [1.807, 2.05) is 24.0 Å². The molecule has 1 aliphatic heterocycles. The zero-order valence-electron chi connectivity index (χ0n) is 14.1. The predicted molar refractivity (Wildman–Crippen MR) is 90.3 cm³/mol. The van der Waals surface area contributed by atoms with Crippen molar-refractivity contribution in [2.45, 2.75) is 25.7 Å². The van der Waals surface area contributed by atoms with Crippen molar-refractivity contribution in [2.75, 3.05) is 31.1 Å². The Hall–Kier alpha value is -2.88. The van der Waals surface area contributed by atoms with Gasteiger partial charge in [-0.05, 0) is 31.9 Å². The zero-order valence-corrected chi connectivity index (χ0v) is 14.1. The molecule has 0 unspecified atom stereocenters. The Morgan fingerprint density at radius 2 is 2.00 bits per heavy atom. The molecular formula is C18H19N5O2. The lowest BCUT2D eigenvalue weighted by Crippen LogP contribution is -2.49. The zero-order chi connectivity index (χ0) is 17.4. The van der Waals surface area contributed by atoms with E-state index in [0.29, 0.717) is 55.3 Å². The summed E-state index contributed by atoms with van der Waals surface area (Å²) in [7, 11) is 0. The third kappa shape index (κ3) is 3.07. The van der Waals surface area contributed by atoms with Crippen LogP contribution in [0.1, 0.15) is 46.5 Å². The molecular weight excluding hydrogens is 318 g/mol. The second-order valence-corrected chi connectivity index (χ2v) is 6.54. The Morgan fingerprint density at radius 1 is 1.24 bits per heavy atom. The summed E-state index contributed by atoms with van der Waals surface area (Å²) in [5.41, 5.74) is 1.65. The minimum atomic E-state index is -0.0555. The van der Waals surface area contributed by atoms with Gasteiger partial charge in [-0.1, -0.05) is 6.07 Å². The van der Waals surface area contributed by atoms with E-state index in [-0.39, 0.29) is 5.91 Å². The highest BCUT2D eigenvalue weighted by molar-refractivity contribution is 5.92. The van der Waals surface area contributed by atoms with Crippen LogP contribution in [0.15, 0.2) is 22.6 Å². The number of nitrogens with zero attached hydrogens (tertiary/aromatic N) is 5. The summed E-state index contributed by atoms with van der Waals surface area (Å²) in [4.78, 5) is 25.0. The van der Waals surface area contributed by atoms with Gasteiger partial charge in [0.25, 0.3) is 5.91 Å². The topological polar surface area (TPSA) is 86.3 Å². The van der Waals surface area contributed by atoms with E-state index in [4.69, 9.17) is 4.42 Å². The molecule has 3 heterocycles. The van der Waals surface area contributed by atoms with Crippen molar-refractivity contribution in [2.24, 2.45) is 0 Å². The lowest BCUT2D eigenvalue weighted by Gasteiger charge is -2.34. The molecule has 1 saturated carbocycles. The normalized spacial score (nSPS) is 17.4. The second-order valence-electron chi connectivity index (χ2n) is 6.54. The summed E-state index contributed by atoms with van der Waals surface area (Å²) in [5.74, 6) is 1.54. The second kappa shape index (κ2) is 6.20. The van der Waals surface area contributed by atoms with Gasteiger partial charge in [0.05, 0.1) is 0 Å². The van der Waals surface area contributed by atoms with Crippen molar-refractivity contribution in [1.82, 2.24) is 14.9 Å². The van der Waals surface area contributed by atoms with E-state index in [1.54, 1.807) is 11.0 Å². The SMILES string of the molecule is Cc1cccc(C(=O)N2CCN(c3oc(C4CC4)nc3C#N)CC2)n1. The molecule has 0 bridgehead atoms. The van der Waals surface area contributed by atoms with Crippen LogP contribution < -0.4 is 4.90 Å². The first-order valence-electron chi connectivity index (χ1n) is 8.54. The van der Waals surface area contributed by atoms with Crippen molar-refractivity contribution in [1.29, 1.82) is 5.26 Å². The number of aryl methyl sites for hydroxylation is 1. The number of oxazole rings is 1. The van der Waals surface area contributed by atoms with E-state index in [1.165, 1.54) is 0 Å². The molecule has 0 spiro atoms. The fraction of sp³-hybridized carbons (Fsp3) is 0.444. The van der Waals surface area contributed by atoms with Crippen LogP contribution in [0.4, 0.5) is 5.88 Å². The summed E-state index contributed by atoms with van der Waals surface area (Å²) >= 11 is 0. The molecule has 0 aromatic carbocycles. The molecule has 2 fully saturated rings. The van der Waals surface area contributed by atoms with E-state index in [2.05, 4.69) is 16.0 Å². The van der Waals surface area contributed by atoms with Gasteiger partial charge in [-0.15, -0.1) is 0 Å². The maximum absolute atomic E-state index is 12.6. The highest BCUT2D eigenvalue weighted by Crippen LogP contribution is 2.41. The van der Waals surface area contributed by atoms with Gasteiger partial charge >= 0.3 is 0 Å². The minimum absolute atomic E-state index is 0.0555. The lowest BCUT2D eigenvalue weighted by atomic mass is 10.2. The number of hydrogen-bond acceptors (Lipinski definition) is 6. The number of piperazine rings is 1. The van der Waals surface area contributed by atoms with E-state index in [0.717, 1.165) is 18.5 Å². The molecule has 128 valence electrons. The fourth-order valence-electron chi connectivity index (χ4n) is 3.06. The van der Waals surface area contributed by atoms with Crippen LogP contribution in [-0.2, 0) is 0 Å². The molecule has 4 rings (SSSR count). The fourth-order valence-corrected chi connectivity index (χ4v) is 3.06. The third-order valence-electron chi connectivity index (χ3n) is 4.62. The molecule has 25 heavy (non-hydrogen) atoms. The average molecular weight is 337 g/mol. The molecule has 1 amide bonds. The number of carbonyl (C=O) groups is 1. The summed E-state index contributed by atoms with van der Waals surface area (Å²) in [6.45, 7) is 4.24. The molecule has 1 aliphatic carbocycles. The first kappa shape index (κ1) is 15.6. The monoisotopic (exact) mass is 337 g/mol. The Kier molecular flexibility index (Phi) is 3.88. The number of pyridine rings is 1. The van der Waals surface area contributed by atoms with Gasteiger partial charge in [0.2, 0.25) is 17.5 Å². The number of anilines is 1. The Labute approximate surface area is 145 Å². The van der Waals surface area contributed by atoms with Gasteiger partial charge in [0.15, 0.2) is 0 Å². The van der Waals surface area contributed by atoms with E-state index in [9.17, 15) is 10.1 Å². The van der Waals surface area contributed by atoms with E-state index >= 15 is 0 Å². The van der Waals surface area contributed by atoms with Gasteiger partial charge < -0.3 is 14.2 Å². The highest BCUT2D eigenvalue weighted by atomic mass is 16.4. The number of amides is 1. The molecule has 1 saturated heterocycles. The van der Waals surface area contributed by atoms with Gasteiger partial charge in [-0.2, -0.15) is 5.26 Å². The first-order chi connectivity index (χ1) is 12.2. The smallest absolute Gasteiger partial charge is 0.272 e.